The Balaban J connectivity index is 2.17. The number of rotatable bonds is 2. The van der Waals surface area contributed by atoms with Crippen molar-refractivity contribution in [3.63, 3.8) is 0 Å². The summed E-state index contributed by atoms with van der Waals surface area (Å²) in [6.45, 7) is 0. The van der Waals surface area contributed by atoms with E-state index in [1.807, 2.05) is 0 Å². The molecule has 0 radical (unpaired) electrons. The Morgan fingerprint density at radius 2 is 1.93 bits per heavy atom. The van der Waals surface area contributed by atoms with E-state index in [2.05, 4.69) is 53.9 Å². The smallest absolute Gasteiger partial charge is 0.0753 e. The van der Waals surface area contributed by atoms with Gasteiger partial charge in [0.2, 0.25) is 0 Å². The van der Waals surface area contributed by atoms with Crippen LogP contribution in [0.4, 0.5) is 0 Å². The van der Waals surface area contributed by atoms with Gasteiger partial charge < -0.3 is 0 Å². The average molecular weight is 403 g/mol. The molecule has 1 aliphatic carbocycles. The first-order valence-corrected chi connectivity index (χ1v) is 8.09. The molecule has 1 aromatic heterocycles. The fourth-order valence-electron chi connectivity index (χ4n) is 2.04. The topological polar surface area (TPSA) is 0 Å². The van der Waals surface area contributed by atoms with Crippen LogP contribution in [0.25, 0.3) is 0 Å². The molecule has 1 unspecified atom stereocenters. The van der Waals surface area contributed by atoms with Gasteiger partial charge in [-0.05, 0) is 62.2 Å². The van der Waals surface area contributed by atoms with Crippen LogP contribution in [0.5, 0.6) is 0 Å². The first-order valence-electron chi connectivity index (χ1n) is 4.77. The lowest BCUT2D eigenvalue weighted by molar-refractivity contribution is 0.542. The average Bonchev–Trinajstić information content (AvgIpc) is 2.73. The third-order valence-electron chi connectivity index (χ3n) is 2.79. The predicted octanol–water partition coefficient (Wildman–Crippen LogP) is 5.90. The number of hydrogen-bond donors (Lipinski definition) is 0. The van der Waals surface area contributed by atoms with Gasteiger partial charge in [0.05, 0.1) is 7.57 Å². The summed E-state index contributed by atoms with van der Waals surface area (Å²) >= 11 is 12.7. The zero-order chi connectivity index (χ0) is 10.1. The number of alkyl halides is 1. The molecule has 0 aliphatic heterocycles. The summed E-state index contributed by atoms with van der Waals surface area (Å²) in [5, 5.41) is 0. The van der Waals surface area contributed by atoms with E-state index >= 15 is 0 Å². The maximum atomic E-state index is 3.83. The van der Waals surface area contributed by atoms with Crippen molar-refractivity contribution in [3.05, 3.63) is 19.2 Å². The minimum atomic E-state index is 0.530. The van der Waals surface area contributed by atoms with Crippen LogP contribution in [0, 0.1) is 5.92 Å². The lowest BCUT2D eigenvalue weighted by Crippen LogP contribution is -2.01. The molecule has 1 heterocycles. The molecule has 0 N–H and O–H groups in total. The van der Waals surface area contributed by atoms with E-state index in [1.165, 1.54) is 38.8 Å². The van der Waals surface area contributed by atoms with Crippen LogP contribution >= 0.6 is 59.1 Å². The highest BCUT2D eigenvalue weighted by atomic mass is 79.9. The van der Waals surface area contributed by atoms with Gasteiger partial charge in [-0.15, -0.1) is 11.3 Å². The summed E-state index contributed by atoms with van der Waals surface area (Å²) in [5.41, 5.74) is 1.41. The highest BCUT2D eigenvalue weighted by molar-refractivity contribution is 9.12. The van der Waals surface area contributed by atoms with Crippen molar-refractivity contribution in [1.82, 2.24) is 0 Å². The third-order valence-corrected chi connectivity index (χ3v) is 6.42. The molecule has 1 aliphatic rings. The van der Waals surface area contributed by atoms with E-state index in [1.54, 1.807) is 11.3 Å². The Morgan fingerprint density at radius 1 is 1.29 bits per heavy atom. The van der Waals surface area contributed by atoms with Crippen LogP contribution < -0.4 is 0 Å². The van der Waals surface area contributed by atoms with Crippen LogP contribution in [0.3, 0.4) is 0 Å². The molecule has 78 valence electrons. The number of hydrogen-bond acceptors (Lipinski definition) is 1. The number of thiophene rings is 1. The van der Waals surface area contributed by atoms with Crippen molar-refractivity contribution in [2.24, 2.45) is 5.92 Å². The van der Waals surface area contributed by atoms with E-state index in [4.69, 9.17) is 0 Å². The third kappa shape index (κ3) is 2.45. The molecule has 0 bridgehead atoms. The summed E-state index contributed by atoms with van der Waals surface area (Å²) in [6.07, 6.45) is 5.54. The predicted molar refractivity (Wildman–Crippen MR) is 73.3 cm³/mol. The second-order valence-electron chi connectivity index (χ2n) is 3.73. The van der Waals surface area contributed by atoms with Crippen molar-refractivity contribution in [3.8, 4) is 0 Å². The molecule has 2 rings (SSSR count). The van der Waals surface area contributed by atoms with Gasteiger partial charge in [0.25, 0.3) is 0 Å². The molecule has 0 spiro atoms. The van der Waals surface area contributed by atoms with Crippen molar-refractivity contribution in [2.75, 3.05) is 0 Å². The van der Waals surface area contributed by atoms with E-state index in [-0.39, 0.29) is 0 Å². The molecular formula is C10H11Br3S. The van der Waals surface area contributed by atoms with Gasteiger partial charge in [0, 0.05) is 4.83 Å². The molecule has 1 atom stereocenters. The zero-order valence-electron chi connectivity index (χ0n) is 7.60. The SMILES string of the molecule is Brc1cc(C(Br)C2CCCC2)c(Br)s1. The van der Waals surface area contributed by atoms with Crippen LogP contribution in [0.2, 0.25) is 0 Å². The summed E-state index contributed by atoms with van der Waals surface area (Å²) in [5.74, 6) is 0.827. The minimum absolute atomic E-state index is 0.530. The quantitative estimate of drug-likeness (QED) is 0.540. The second-order valence-corrected chi connectivity index (χ2v) is 8.46. The van der Waals surface area contributed by atoms with Crippen LogP contribution in [0.15, 0.2) is 13.6 Å². The monoisotopic (exact) mass is 400 g/mol. The highest BCUT2D eigenvalue weighted by Gasteiger charge is 2.26. The second kappa shape index (κ2) is 4.98. The molecule has 0 amide bonds. The Hall–Kier alpha value is 1.14. The standard InChI is InChI=1S/C10H11Br3S/c11-8-5-7(10(13)14-8)9(12)6-3-1-2-4-6/h5-6,9H,1-4H2. The molecule has 1 aromatic rings. The molecular weight excluding hydrogens is 392 g/mol. The maximum absolute atomic E-state index is 3.83. The Morgan fingerprint density at radius 3 is 2.43 bits per heavy atom. The van der Waals surface area contributed by atoms with Crippen LogP contribution in [0.1, 0.15) is 36.1 Å². The molecule has 4 heteroatoms. The minimum Gasteiger partial charge on any atom is -0.121 e. The highest BCUT2D eigenvalue weighted by Crippen LogP contribution is 2.46. The fourth-order valence-corrected chi connectivity index (χ4v) is 6.32. The first-order chi connectivity index (χ1) is 6.68. The van der Waals surface area contributed by atoms with Gasteiger partial charge in [-0.25, -0.2) is 0 Å². The van der Waals surface area contributed by atoms with Crippen molar-refractivity contribution in [1.29, 1.82) is 0 Å². The summed E-state index contributed by atoms with van der Waals surface area (Å²) in [4.78, 5) is 0.530. The maximum Gasteiger partial charge on any atom is 0.0753 e. The van der Waals surface area contributed by atoms with E-state index in [0.717, 1.165) is 5.92 Å². The lowest BCUT2D eigenvalue weighted by Gasteiger charge is -2.16. The normalized spacial score (nSPS) is 20.2. The molecule has 0 nitrogen and oxygen atoms in total. The van der Waals surface area contributed by atoms with Crippen molar-refractivity contribution in [2.45, 2.75) is 30.5 Å². The zero-order valence-corrected chi connectivity index (χ0v) is 13.2. The summed E-state index contributed by atoms with van der Waals surface area (Å²) in [6, 6.07) is 2.23. The molecule has 0 aromatic carbocycles. The van der Waals surface area contributed by atoms with Gasteiger partial charge in [-0.1, -0.05) is 28.8 Å². The van der Waals surface area contributed by atoms with E-state index < -0.39 is 0 Å². The van der Waals surface area contributed by atoms with Crippen molar-refractivity contribution >= 4 is 59.1 Å². The Labute approximate surface area is 114 Å². The Bertz CT molecular complexity index is 315. The summed E-state index contributed by atoms with van der Waals surface area (Å²) < 4.78 is 2.47. The molecule has 14 heavy (non-hydrogen) atoms. The fraction of sp³-hybridized carbons (Fsp3) is 0.600. The number of halogens is 3. The van der Waals surface area contributed by atoms with Gasteiger partial charge >= 0.3 is 0 Å². The molecule has 1 fully saturated rings. The molecule has 1 saturated carbocycles. The van der Waals surface area contributed by atoms with E-state index in [9.17, 15) is 0 Å². The first kappa shape index (κ1) is 11.6. The Kier molecular flexibility index (Phi) is 4.13. The van der Waals surface area contributed by atoms with Gasteiger partial charge in [-0.2, -0.15) is 0 Å². The van der Waals surface area contributed by atoms with Crippen LogP contribution in [-0.2, 0) is 0 Å². The summed E-state index contributed by atoms with van der Waals surface area (Å²) in [7, 11) is 0. The van der Waals surface area contributed by atoms with Gasteiger partial charge in [0.1, 0.15) is 0 Å². The van der Waals surface area contributed by atoms with Gasteiger partial charge in [0.15, 0.2) is 0 Å². The van der Waals surface area contributed by atoms with Crippen molar-refractivity contribution < 1.29 is 0 Å². The molecule has 0 saturated heterocycles. The largest absolute Gasteiger partial charge is 0.121 e. The van der Waals surface area contributed by atoms with E-state index in [0.29, 0.717) is 4.83 Å². The van der Waals surface area contributed by atoms with Gasteiger partial charge in [-0.3, -0.25) is 0 Å². The van der Waals surface area contributed by atoms with Crippen LogP contribution in [-0.4, -0.2) is 0 Å². The lowest BCUT2D eigenvalue weighted by atomic mass is 10.00.